The van der Waals surface area contributed by atoms with Crippen LogP contribution in [0.1, 0.15) is 24.1 Å². The summed E-state index contributed by atoms with van der Waals surface area (Å²) in [5, 5.41) is 9.40. The van der Waals surface area contributed by atoms with Crippen LogP contribution in [0.5, 0.6) is 0 Å². The smallest absolute Gasteiger partial charge is 0.281 e. The van der Waals surface area contributed by atoms with Crippen molar-refractivity contribution in [2.45, 2.75) is 19.9 Å². The van der Waals surface area contributed by atoms with Crippen LogP contribution in [0.15, 0.2) is 59.1 Å². The maximum absolute atomic E-state index is 12.1. The van der Waals surface area contributed by atoms with Crippen molar-refractivity contribution >= 4 is 23.4 Å². The summed E-state index contributed by atoms with van der Waals surface area (Å²) in [5.41, 5.74) is 3.93. The maximum Gasteiger partial charge on any atom is 0.281 e. The van der Waals surface area contributed by atoms with Gasteiger partial charge in [0, 0.05) is 22.2 Å². The van der Waals surface area contributed by atoms with Gasteiger partial charge in [-0.2, -0.15) is 0 Å². The van der Waals surface area contributed by atoms with E-state index in [2.05, 4.69) is 10.5 Å². The van der Waals surface area contributed by atoms with E-state index in [1.807, 2.05) is 67.7 Å². The molecule has 1 heterocycles. The minimum atomic E-state index is -0.141. The number of carbonyl (C=O) groups is 1. The lowest BCUT2D eigenvalue weighted by atomic mass is 10.1. The molecule has 0 aliphatic carbocycles. The van der Waals surface area contributed by atoms with Crippen LogP contribution >= 0.6 is 11.6 Å². The number of nitrogens with zero attached hydrogens (tertiary/aromatic N) is 1. The number of halogens is 1. The lowest BCUT2D eigenvalue weighted by Gasteiger charge is -2.10. The summed E-state index contributed by atoms with van der Waals surface area (Å²) in [7, 11) is 0. The van der Waals surface area contributed by atoms with Crippen LogP contribution in [-0.2, 0) is 4.79 Å². The maximum atomic E-state index is 12.1. The fraction of sp³-hybridized carbons (Fsp3) is 0.200. The Labute approximate surface area is 157 Å². The molecular formula is C20H21ClN3O2+. The molecule has 0 radical (unpaired) electrons. The molecule has 26 heavy (non-hydrogen) atoms. The van der Waals surface area contributed by atoms with Crippen LogP contribution in [0.3, 0.4) is 0 Å². The van der Waals surface area contributed by atoms with Crippen LogP contribution in [0.25, 0.3) is 11.3 Å². The van der Waals surface area contributed by atoms with E-state index in [4.69, 9.17) is 16.1 Å². The number of hydrogen-bond acceptors (Lipinski definition) is 3. The summed E-state index contributed by atoms with van der Waals surface area (Å²) in [5.74, 6) is 0.204. The second kappa shape index (κ2) is 8.17. The Hall–Kier alpha value is -2.63. The summed E-state index contributed by atoms with van der Waals surface area (Å²) < 4.78 is 5.21. The Bertz CT molecular complexity index is 873. The summed E-state index contributed by atoms with van der Waals surface area (Å²) in [6.07, 6.45) is 0. The molecule has 0 spiro atoms. The molecule has 0 aliphatic rings. The number of quaternary nitrogens is 1. The van der Waals surface area contributed by atoms with Crippen molar-refractivity contribution in [2.24, 2.45) is 0 Å². The zero-order chi connectivity index (χ0) is 18.5. The number of aryl methyl sites for hydroxylation is 1. The van der Waals surface area contributed by atoms with Crippen molar-refractivity contribution in [2.75, 3.05) is 11.9 Å². The third-order valence-corrected chi connectivity index (χ3v) is 4.42. The van der Waals surface area contributed by atoms with E-state index in [1.54, 1.807) is 6.07 Å². The molecule has 2 aromatic carbocycles. The molecule has 1 amide bonds. The number of hydrogen-bond donors (Lipinski definition) is 2. The van der Waals surface area contributed by atoms with Gasteiger partial charge in [-0.05, 0) is 26.0 Å². The van der Waals surface area contributed by atoms with Crippen LogP contribution in [0, 0.1) is 6.92 Å². The highest BCUT2D eigenvalue weighted by Gasteiger charge is 2.14. The fourth-order valence-electron chi connectivity index (χ4n) is 2.57. The quantitative estimate of drug-likeness (QED) is 0.696. The van der Waals surface area contributed by atoms with Gasteiger partial charge in [-0.15, -0.1) is 0 Å². The number of rotatable bonds is 6. The fourth-order valence-corrected chi connectivity index (χ4v) is 2.70. The van der Waals surface area contributed by atoms with Crippen molar-refractivity contribution in [3.05, 3.63) is 70.7 Å². The van der Waals surface area contributed by atoms with Gasteiger partial charge in [0.1, 0.15) is 11.7 Å². The van der Waals surface area contributed by atoms with Crippen LogP contribution in [-0.4, -0.2) is 17.6 Å². The standard InChI is InChI=1S/C20H20ClN3O2/c1-13-3-5-16(6-4-13)18-11-20(26-24-18)23-19(25)12-22-14(2)15-7-9-17(21)10-8-15/h3-11,14,22H,12H2,1-2H3,(H,23,25)/p+1/t14-/m0/s1. The monoisotopic (exact) mass is 370 g/mol. The third-order valence-electron chi connectivity index (χ3n) is 4.17. The first kappa shape index (κ1) is 18.2. The first-order valence-electron chi connectivity index (χ1n) is 8.43. The Kier molecular flexibility index (Phi) is 5.71. The van der Waals surface area contributed by atoms with Crippen LogP contribution in [0.4, 0.5) is 5.88 Å². The van der Waals surface area contributed by atoms with E-state index in [9.17, 15) is 4.79 Å². The van der Waals surface area contributed by atoms with E-state index >= 15 is 0 Å². The second-order valence-electron chi connectivity index (χ2n) is 6.27. The van der Waals surface area contributed by atoms with Gasteiger partial charge in [0.15, 0.2) is 6.54 Å². The SMILES string of the molecule is Cc1ccc(-c2cc(NC(=O)C[NH2+][C@@H](C)c3ccc(Cl)cc3)on2)cc1. The molecule has 0 unspecified atom stereocenters. The highest BCUT2D eigenvalue weighted by atomic mass is 35.5. The number of aromatic nitrogens is 1. The number of benzene rings is 2. The van der Waals surface area contributed by atoms with Crippen molar-refractivity contribution < 1.29 is 14.6 Å². The highest BCUT2D eigenvalue weighted by Crippen LogP contribution is 2.21. The first-order chi connectivity index (χ1) is 12.5. The van der Waals surface area contributed by atoms with E-state index in [-0.39, 0.29) is 18.5 Å². The van der Waals surface area contributed by atoms with Gasteiger partial charge in [-0.25, -0.2) is 0 Å². The minimum Gasteiger partial charge on any atom is -0.338 e. The molecule has 3 aromatic rings. The summed E-state index contributed by atoms with van der Waals surface area (Å²) >= 11 is 5.90. The molecule has 1 aromatic heterocycles. The third kappa shape index (κ3) is 4.71. The zero-order valence-electron chi connectivity index (χ0n) is 14.7. The topological polar surface area (TPSA) is 71.7 Å². The van der Waals surface area contributed by atoms with Crippen LogP contribution in [0.2, 0.25) is 5.02 Å². The normalized spacial score (nSPS) is 12.0. The van der Waals surface area contributed by atoms with Crippen molar-refractivity contribution in [3.63, 3.8) is 0 Å². The lowest BCUT2D eigenvalue weighted by Crippen LogP contribution is -2.86. The Balaban J connectivity index is 1.53. The molecule has 5 nitrogen and oxygen atoms in total. The minimum absolute atomic E-state index is 0.141. The Morgan fingerprint density at radius 2 is 1.88 bits per heavy atom. The molecule has 0 saturated heterocycles. The average Bonchev–Trinajstić information content (AvgIpc) is 3.09. The molecule has 6 heteroatoms. The summed E-state index contributed by atoms with van der Waals surface area (Å²) in [6.45, 7) is 4.35. The molecule has 0 bridgehead atoms. The first-order valence-corrected chi connectivity index (χ1v) is 8.81. The van der Waals surface area contributed by atoms with E-state index in [0.29, 0.717) is 16.6 Å². The summed E-state index contributed by atoms with van der Waals surface area (Å²) in [4.78, 5) is 12.1. The molecule has 3 N–H and O–H groups in total. The van der Waals surface area contributed by atoms with Crippen molar-refractivity contribution in [1.82, 2.24) is 5.16 Å². The van der Waals surface area contributed by atoms with Gasteiger partial charge in [0.2, 0.25) is 5.88 Å². The molecule has 3 rings (SSSR count). The number of nitrogens with one attached hydrogen (secondary N) is 1. The van der Waals surface area contributed by atoms with Gasteiger partial charge in [-0.3, -0.25) is 10.1 Å². The molecule has 1 atom stereocenters. The molecule has 0 saturated carbocycles. The molecule has 0 aliphatic heterocycles. The van der Waals surface area contributed by atoms with Gasteiger partial charge in [0.25, 0.3) is 5.91 Å². The average molecular weight is 371 g/mol. The van der Waals surface area contributed by atoms with E-state index in [1.165, 1.54) is 5.56 Å². The number of nitrogens with two attached hydrogens (primary N) is 1. The highest BCUT2D eigenvalue weighted by molar-refractivity contribution is 6.30. The van der Waals surface area contributed by atoms with Crippen LogP contribution < -0.4 is 10.6 Å². The van der Waals surface area contributed by atoms with Gasteiger partial charge in [-0.1, -0.05) is 58.7 Å². The Morgan fingerprint density at radius 3 is 2.58 bits per heavy atom. The van der Waals surface area contributed by atoms with Crippen molar-refractivity contribution in [3.8, 4) is 11.3 Å². The molecule has 134 valence electrons. The molecular weight excluding hydrogens is 350 g/mol. The van der Waals surface area contributed by atoms with Gasteiger partial charge >= 0.3 is 0 Å². The Morgan fingerprint density at radius 1 is 1.19 bits per heavy atom. The zero-order valence-corrected chi connectivity index (χ0v) is 15.5. The predicted octanol–water partition coefficient (Wildman–Crippen LogP) is 3.57. The second-order valence-corrected chi connectivity index (χ2v) is 6.71. The number of carbonyl (C=O) groups excluding carboxylic acids is 1. The van der Waals surface area contributed by atoms with Crippen molar-refractivity contribution in [1.29, 1.82) is 0 Å². The predicted molar refractivity (Wildman–Crippen MR) is 102 cm³/mol. The largest absolute Gasteiger partial charge is 0.338 e. The van der Waals surface area contributed by atoms with Gasteiger partial charge in [0.05, 0.1) is 0 Å². The van der Waals surface area contributed by atoms with E-state index in [0.717, 1.165) is 11.1 Å². The molecule has 0 fully saturated rings. The summed E-state index contributed by atoms with van der Waals surface area (Å²) in [6, 6.07) is 17.5. The number of anilines is 1. The number of amides is 1. The van der Waals surface area contributed by atoms with E-state index < -0.39 is 0 Å². The van der Waals surface area contributed by atoms with Gasteiger partial charge < -0.3 is 9.84 Å². The lowest BCUT2D eigenvalue weighted by molar-refractivity contribution is -0.682.